The first-order valence-electron chi connectivity index (χ1n) is 9.47. The fourth-order valence-corrected chi connectivity index (χ4v) is 3.95. The molecule has 0 saturated carbocycles. The number of methoxy groups -OCH3 is 3. The highest BCUT2D eigenvalue weighted by Crippen LogP contribution is 2.38. The number of piperidine rings is 1. The van der Waals surface area contributed by atoms with Crippen molar-refractivity contribution in [1.29, 1.82) is 0 Å². The van der Waals surface area contributed by atoms with Gasteiger partial charge < -0.3 is 24.0 Å². The van der Waals surface area contributed by atoms with E-state index in [2.05, 4.69) is 0 Å². The van der Waals surface area contributed by atoms with Crippen molar-refractivity contribution in [2.24, 2.45) is 5.92 Å². The third kappa shape index (κ3) is 3.96. The zero-order valence-electron chi connectivity index (χ0n) is 16.3. The minimum Gasteiger partial charge on any atom is -0.493 e. The highest BCUT2D eigenvalue weighted by atomic mass is 16.5. The first-order chi connectivity index (χ1) is 13.1. The van der Waals surface area contributed by atoms with E-state index >= 15 is 0 Å². The summed E-state index contributed by atoms with van der Waals surface area (Å²) >= 11 is 0. The molecule has 1 aromatic rings. The van der Waals surface area contributed by atoms with Gasteiger partial charge in [-0.2, -0.15) is 0 Å². The summed E-state index contributed by atoms with van der Waals surface area (Å²) in [5.41, 5.74) is 0.471. The zero-order valence-corrected chi connectivity index (χ0v) is 16.3. The van der Waals surface area contributed by atoms with Gasteiger partial charge >= 0.3 is 0 Å². The number of carbonyl (C=O) groups excluding carboxylic acids is 2. The molecule has 3 rings (SSSR count). The number of benzene rings is 1. The van der Waals surface area contributed by atoms with Crippen LogP contribution in [0.1, 0.15) is 36.0 Å². The molecule has 2 aliphatic rings. The molecule has 148 valence electrons. The third-order valence-electron chi connectivity index (χ3n) is 5.39. The number of hydrogen-bond donors (Lipinski definition) is 0. The third-order valence-corrected chi connectivity index (χ3v) is 5.39. The Labute approximate surface area is 160 Å². The van der Waals surface area contributed by atoms with Crippen molar-refractivity contribution in [1.82, 2.24) is 9.80 Å². The summed E-state index contributed by atoms with van der Waals surface area (Å²) in [6, 6.07) is 3.32. The van der Waals surface area contributed by atoms with Gasteiger partial charge in [-0.15, -0.1) is 0 Å². The van der Waals surface area contributed by atoms with Gasteiger partial charge in [0.25, 0.3) is 5.91 Å². The Hall–Kier alpha value is -2.44. The van der Waals surface area contributed by atoms with Crippen LogP contribution in [-0.4, -0.2) is 69.1 Å². The van der Waals surface area contributed by atoms with E-state index in [1.807, 2.05) is 4.90 Å². The minimum atomic E-state index is -0.117. The van der Waals surface area contributed by atoms with Crippen LogP contribution in [0.5, 0.6) is 17.2 Å². The number of nitrogens with zero attached hydrogens (tertiary/aromatic N) is 2. The van der Waals surface area contributed by atoms with Gasteiger partial charge in [0.2, 0.25) is 11.7 Å². The van der Waals surface area contributed by atoms with Crippen molar-refractivity contribution in [3.8, 4) is 17.2 Å². The highest BCUT2D eigenvalue weighted by Gasteiger charge is 2.33. The second kappa shape index (κ2) is 8.50. The van der Waals surface area contributed by atoms with Crippen molar-refractivity contribution >= 4 is 11.8 Å². The molecule has 0 radical (unpaired) electrons. The number of hydrogen-bond acceptors (Lipinski definition) is 5. The van der Waals surface area contributed by atoms with Crippen molar-refractivity contribution < 1.29 is 23.8 Å². The second-order valence-electron chi connectivity index (χ2n) is 7.04. The van der Waals surface area contributed by atoms with Crippen LogP contribution in [-0.2, 0) is 4.79 Å². The van der Waals surface area contributed by atoms with Gasteiger partial charge in [0.15, 0.2) is 11.5 Å². The number of carbonyl (C=O) groups is 2. The van der Waals surface area contributed by atoms with E-state index in [1.165, 1.54) is 21.3 Å². The van der Waals surface area contributed by atoms with Crippen molar-refractivity contribution in [3.63, 3.8) is 0 Å². The molecular weight excluding hydrogens is 348 g/mol. The smallest absolute Gasteiger partial charge is 0.254 e. The summed E-state index contributed by atoms with van der Waals surface area (Å²) < 4.78 is 16.0. The first kappa shape index (κ1) is 19.3. The van der Waals surface area contributed by atoms with Gasteiger partial charge in [-0.25, -0.2) is 0 Å². The molecular formula is C20H28N2O5. The summed E-state index contributed by atoms with van der Waals surface area (Å²) in [5.74, 6) is 1.31. The molecule has 2 amide bonds. The van der Waals surface area contributed by atoms with Crippen LogP contribution in [0.2, 0.25) is 0 Å². The SMILES string of the molecule is COc1cc(C(=O)N2CCCC(C(=O)N3CCCC3)C2)cc(OC)c1OC. The first-order valence-corrected chi connectivity index (χ1v) is 9.47. The van der Waals surface area contributed by atoms with E-state index < -0.39 is 0 Å². The molecule has 1 aromatic carbocycles. The van der Waals surface area contributed by atoms with Crippen LogP contribution in [0.4, 0.5) is 0 Å². The van der Waals surface area contributed by atoms with E-state index in [4.69, 9.17) is 14.2 Å². The van der Waals surface area contributed by atoms with Crippen LogP contribution in [0.3, 0.4) is 0 Å². The fourth-order valence-electron chi connectivity index (χ4n) is 3.95. The number of amides is 2. The summed E-state index contributed by atoms with van der Waals surface area (Å²) in [7, 11) is 4.58. The molecule has 7 heteroatoms. The zero-order chi connectivity index (χ0) is 19.4. The predicted octanol–water partition coefficient (Wildman–Crippen LogP) is 2.19. The van der Waals surface area contributed by atoms with Gasteiger partial charge in [-0.3, -0.25) is 9.59 Å². The van der Waals surface area contributed by atoms with Crippen LogP contribution in [0, 0.1) is 5.92 Å². The van der Waals surface area contributed by atoms with Crippen molar-refractivity contribution in [3.05, 3.63) is 17.7 Å². The molecule has 0 spiro atoms. The number of rotatable bonds is 5. The Morgan fingerprint density at radius 1 is 0.889 bits per heavy atom. The Balaban J connectivity index is 1.77. The van der Waals surface area contributed by atoms with Gasteiger partial charge in [0.1, 0.15) is 0 Å². The molecule has 0 aliphatic carbocycles. The standard InChI is InChI=1S/C20H28N2O5/c1-25-16-11-15(12-17(26-2)18(16)27-3)20(24)22-10-6-7-14(13-22)19(23)21-8-4-5-9-21/h11-12,14H,4-10,13H2,1-3H3. The summed E-state index contributed by atoms with van der Waals surface area (Å²) in [6.07, 6.45) is 3.83. The lowest BCUT2D eigenvalue weighted by Crippen LogP contribution is -2.46. The molecule has 2 fully saturated rings. The van der Waals surface area contributed by atoms with Gasteiger partial charge in [0, 0.05) is 31.7 Å². The molecule has 1 atom stereocenters. The van der Waals surface area contributed by atoms with E-state index in [-0.39, 0.29) is 17.7 Å². The average Bonchev–Trinajstić information content (AvgIpc) is 3.26. The minimum absolute atomic E-state index is 0.108. The molecule has 27 heavy (non-hydrogen) atoms. The Kier molecular flexibility index (Phi) is 6.08. The lowest BCUT2D eigenvalue weighted by molar-refractivity contribution is -0.135. The lowest BCUT2D eigenvalue weighted by atomic mass is 9.96. The predicted molar refractivity (Wildman–Crippen MR) is 101 cm³/mol. The highest BCUT2D eigenvalue weighted by molar-refractivity contribution is 5.96. The maximum Gasteiger partial charge on any atom is 0.254 e. The molecule has 2 aliphatic heterocycles. The molecule has 0 bridgehead atoms. The van der Waals surface area contributed by atoms with E-state index in [0.29, 0.717) is 35.9 Å². The van der Waals surface area contributed by atoms with Crippen molar-refractivity contribution in [2.75, 3.05) is 47.5 Å². The molecule has 0 N–H and O–H groups in total. The lowest BCUT2D eigenvalue weighted by Gasteiger charge is -2.34. The molecule has 1 unspecified atom stereocenters. The summed E-state index contributed by atoms with van der Waals surface area (Å²) in [6.45, 7) is 2.80. The second-order valence-corrected chi connectivity index (χ2v) is 7.04. The molecule has 2 saturated heterocycles. The molecule has 2 heterocycles. The van der Waals surface area contributed by atoms with Crippen molar-refractivity contribution in [2.45, 2.75) is 25.7 Å². The number of ether oxygens (including phenoxy) is 3. The van der Waals surface area contributed by atoms with Gasteiger partial charge in [0.05, 0.1) is 27.2 Å². The van der Waals surface area contributed by atoms with Crippen LogP contribution >= 0.6 is 0 Å². The Morgan fingerprint density at radius 3 is 2.04 bits per heavy atom. The normalized spacial score (nSPS) is 19.7. The Morgan fingerprint density at radius 2 is 1.48 bits per heavy atom. The topological polar surface area (TPSA) is 68.3 Å². The Bertz CT molecular complexity index is 675. The average molecular weight is 376 g/mol. The fraction of sp³-hybridized carbons (Fsp3) is 0.600. The van der Waals surface area contributed by atoms with E-state index in [0.717, 1.165) is 38.8 Å². The summed E-state index contributed by atoms with van der Waals surface area (Å²) in [4.78, 5) is 29.5. The number of likely N-dealkylation sites (tertiary alicyclic amines) is 2. The summed E-state index contributed by atoms with van der Waals surface area (Å²) in [5, 5.41) is 0. The largest absolute Gasteiger partial charge is 0.493 e. The maximum absolute atomic E-state index is 13.1. The van der Waals surface area contributed by atoms with Gasteiger partial charge in [-0.1, -0.05) is 0 Å². The van der Waals surface area contributed by atoms with Crippen LogP contribution in [0.15, 0.2) is 12.1 Å². The quantitative estimate of drug-likeness (QED) is 0.788. The maximum atomic E-state index is 13.1. The van der Waals surface area contributed by atoms with Gasteiger partial charge in [-0.05, 0) is 37.8 Å². The monoisotopic (exact) mass is 376 g/mol. The molecule has 0 aromatic heterocycles. The van der Waals surface area contributed by atoms with Crippen LogP contribution < -0.4 is 14.2 Å². The van der Waals surface area contributed by atoms with Crippen LogP contribution in [0.25, 0.3) is 0 Å². The van der Waals surface area contributed by atoms with E-state index in [9.17, 15) is 9.59 Å². The van der Waals surface area contributed by atoms with E-state index in [1.54, 1.807) is 17.0 Å². The molecule has 7 nitrogen and oxygen atoms in total.